The number of hydrogen-bond acceptors (Lipinski definition) is 3. The van der Waals surface area contributed by atoms with E-state index in [1.807, 2.05) is 0 Å². The number of carbonyl (C=O) groups excluding carboxylic acids is 1. The first-order chi connectivity index (χ1) is 6.39. The standard InChI is InChI=1S/C7H15N3O3S/c1-6(11)9-7-2-4-10(5-3-7)14(8,12)13/h7H,2-5H2,1H3,(H,9,11)(H2,8,12,13). The van der Waals surface area contributed by atoms with Crippen LogP contribution in [0.1, 0.15) is 19.8 Å². The average molecular weight is 221 g/mol. The smallest absolute Gasteiger partial charge is 0.276 e. The zero-order valence-electron chi connectivity index (χ0n) is 8.06. The van der Waals surface area contributed by atoms with Gasteiger partial charge in [0.05, 0.1) is 0 Å². The van der Waals surface area contributed by atoms with Crippen molar-refractivity contribution in [2.75, 3.05) is 13.1 Å². The highest BCUT2D eigenvalue weighted by molar-refractivity contribution is 7.86. The molecule has 0 spiro atoms. The predicted molar refractivity (Wildman–Crippen MR) is 51.5 cm³/mol. The Morgan fingerprint density at radius 3 is 2.29 bits per heavy atom. The van der Waals surface area contributed by atoms with Crippen molar-refractivity contribution in [3.63, 3.8) is 0 Å². The van der Waals surface area contributed by atoms with Gasteiger partial charge in [-0.2, -0.15) is 12.7 Å². The van der Waals surface area contributed by atoms with Crippen LogP contribution in [-0.4, -0.2) is 37.8 Å². The molecule has 1 saturated heterocycles. The van der Waals surface area contributed by atoms with Crippen molar-refractivity contribution >= 4 is 16.1 Å². The van der Waals surface area contributed by atoms with E-state index < -0.39 is 10.2 Å². The van der Waals surface area contributed by atoms with Crippen molar-refractivity contribution in [2.45, 2.75) is 25.8 Å². The molecule has 0 bridgehead atoms. The second-order valence-electron chi connectivity index (χ2n) is 3.42. The van der Waals surface area contributed by atoms with Crippen molar-refractivity contribution < 1.29 is 13.2 Å². The quantitative estimate of drug-likeness (QED) is 0.613. The minimum atomic E-state index is -3.56. The van der Waals surface area contributed by atoms with E-state index >= 15 is 0 Å². The zero-order chi connectivity index (χ0) is 10.8. The number of nitrogens with two attached hydrogens (primary N) is 1. The van der Waals surface area contributed by atoms with Gasteiger partial charge in [-0.1, -0.05) is 0 Å². The molecule has 0 radical (unpaired) electrons. The largest absolute Gasteiger partial charge is 0.354 e. The molecule has 3 N–H and O–H groups in total. The van der Waals surface area contributed by atoms with E-state index in [2.05, 4.69) is 5.32 Å². The molecule has 0 atom stereocenters. The van der Waals surface area contributed by atoms with Crippen molar-refractivity contribution in [1.29, 1.82) is 0 Å². The Bertz CT molecular complexity index is 306. The number of amides is 1. The van der Waals surface area contributed by atoms with Gasteiger partial charge < -0.3 is 5.32 Å². The Morgan fingerprint density at radius 1 is 1.43 bits per heavy atom. The molecule has 0 aromatic rings. The lowest BCUT2D eigenvalue weighted by Gasteiger charge is -2.29. The van der Waals surface area contributed by atoms with Crippen LogP contribution in [0.2, 0.25) is 0 Å². The number of piperidine rings is 1. The minimum absolute atomic E-state index is 0.0745. The molecule has 14 heavy (non-hydrogen) atoms. The molecule has 1 aliphatic heterocycles. The van der Waals surface area contributed by atoms with Gasteiger partial charge >= 0.3 is 0 Å². The van der Waals surface area contributed by atoms with Gasteiger partial charge in [0.25, 0.3) is 10.2 Å². The van der Waals surface area contributed by atoms with Gasteiger partial charge in [0, 0.05) is 26.1 Å². The summed E-state index contributed by atoms with van der Waals surface area (Å²) in [5.74, 6) is -0.0842. The molecular weight excluding hydrogens is 206 g/mol. The van der Waals surface area contributed by atoms with E-state index in [0.717, 1.165) is 0 Å². The summed E-state index contributed by atoms with van der Waals surface area (Å²) in [4.78, 5) is 10.7. The molecule has 0 saturated carbocycles. The third-order valence-electron chi connectivity index (χ3n) is 2.22. The Hall–Kier alpha value is -0.660. The van der Waals surface area contributed by atoms with Gasteiger partial charge in [0.15, 0.2) is 0 Å². The molecule has 1 aliphatic rings. The minimum Gasteiger partial charge on any atom is -0.354 e. The predicted octanol–water partition coefficient (Wildman–Crippen LogP) is -1.21. The fourth-order valence-electron chi connectivity index (χ4n) is 1.54. The Labute approximate surface area is 83.6 Å². The van der Waals surface area contributed by atoms with Crippen LogP contribution in [0.25, 0.3) is 0 Å². The molecule has 1 fully saturated rings. The lowest BCUT2D eigenvalue weighted by molar-refractivity contribution is -0.119. The van der Waals surface area contributed by atoms with Crippen molar-refractivity contribution in [3.8, 4) is 0 Å². The molecule has 1 heterocycles. The van der Waals surface area contributed by atoms with Crippen molar-refractivity contribution in [2.24, 2.45) is 5.14 Å². The van der Waals surface area contributed by atoms with Crippen molar-refractivity contribution in [3.05, 3.63) is 0 Å². The first-order valence-electron chi connectivity index (χ1n) is 4.44. The summed E-state index contributed by atoms with van der Waals surface area (Å²) >= 11 is 0. The fraction of sp³-hybridized carbons (Fsp3) is 0.857. The normalized spacial score (nSPS) is 20.7. The SMILES string of the molecule is CC(=O)NC1CCN(S(N)(=O)=O)CC1. The van der Waals surface area contributed by atoms with Crippen LogP contribution >= 0.6 is 0 Å². The van der Waals surface area contributed by atoms with E-state index in [9.17, 15) is 13.2 Å². The third-order valence-corrected chi connectivity index (χ3v) is 3.31. The highest BCUT2D eigenvalue weighted by Gasteiger charge is 2.25. The van der Waals surface area contributed by atoms with E-state index in [0.29, 0.717) is 25.9 Å². The summed E-state index contributed by atoms with van der Waals surface area (Å²) in [6, 6.07) is 0.0745. The van der Waals surface area contributed by atoms with Gasteiger partial charge in [-0.15, -0.1) is 0 Å². The van der Waals surface area contributed by atoms with Crippen LogP contribution in [-0.2, 0) is 15.0 Å². The molecule has 6 nitrogen and oxygen atoms in total. The molecular formula is C7H15N3O3S. The number of nitrogens with one attached hydrogen (secondary N) is 1. The second-order valence-corrected chi connectivity index (χ2v) is 4.97. The van der Waals surface area contributed by atoms with Crippen LogP contribution in [0.3, 0.4) is 0 Å². The molecule has 0 aromatic heterocycles. The van der Waals surface area contributed by atoms with Gasteiger partial charge in [0.1, 0.15) is 0 Å². The maximum absolute atomic E-state index is 10.9. The molecule has 0 aromatic carbocycles. The lowest BCUT2D eigenvalue weighted by atomic mass is 10.1. The summed E-state index contributed by atoms with van der Waals surface area (Å²) in [6.45, 7) is 2.21. The summed E-state index contributed by atoms with van der Waals surface area (Å²) < 4.78 is 23.1. The Morgan fingerprint density at radius 2 is 1.93 bits per heavy atom. The Kier molecular flexibility index (Phi) is 3.46. The van der Waals surface area contributed by atoms with E-state index in [4.69, 9.17) is 5.14 Å². The Balaban J connectivity index is 2.43. The summed E-state index contributed by atoms with van der Waals surface area (Å²) in [7, 11) is -3.56. The molecule has 0 aliphatic carbocycles. The van der Waals surface area contributed by atoms with Crippen LogP contribution in [0, 0.1) is 0 Å². The summed E-state index contributed by atoms with van der Waals surface area (Å²) in [5.41, 5.74) is 0. The maximum atomic E-state index is 10.9. The highest BCUT2D eigenvalue weighted by Crippen LogP contribution is 2.11. The highest BCUT2D eigenvalue weighted by atomic mass is 32.2. The van der Waals surface area contributed by atoms with E-state index in [-0.39, 0.29) is 11.9 Å². The average Bonchev–Trinajstić information content (AvgIpc) is 2.02. The fourth-order valence-corrected chi connectivity index (χ4v) is 2.26. The van der Waals surface area contributed by atoms with Crippen LogP contribution in [0.5, 0.6) is 0 Å². The summed E-state index contributed by atoms with van der Waals surface area (Å²) in [6.07, 6.45) is 1.24. The zero-order valence-corrected chi connectivity index (χ0v) is 8.88. The van der Waals surface area contributed by atoms with Gasteiger partial charge in [-0.05, 0) is 12.8 Å². The maximum Gasteiger partial charge on any atom is 0.276 e. The molecule has 82 valence electrons. The van der Waals surface area contributed by atoms with E-state index in [1.165, 1.54) is 11.2 Å². The van der Waals surface area contributed by atoms with Gasteiger partial charge in [-0.25, -0.2) is 5.14 Å². The topological polar surface area (TPSA) is 92.5 Å². The summed E-state index contributed by atoms with van der Waals surface area (Å²) in [5, 5.41) is 7.72. The second kappa shape index (κ2) is 4.24. The first kappa shape index (κ1) is 11.4. The van der Waals surface area contributed by atoms with Crippen LogP contribution in [0.4, 0.5) is 0 Å². The molecule has 0 unspecified atom stereocenters. The van der Waals surface area contributed by atoms with Crippen molar-refractivity contribution in [1.82, 2.24) is 9.62 Å². The first-order valence-corrected chi connectivity index (χ1v) is 5.95. The monoisotopic (exact) mass is 221 g/mol. The van der Waals surface area contributed by atoms with Crippen LogP contribution < -0.4 is 10.5 Å². The number of carbonyl (C=O) groups is 1. The molecule has 1 amide bonds. The number of rotatable bonds is 2. The number of hydrogen-bond donors (Lipinski definition) is 2. The lowest BCUT2D eigenvalue weighted by Crippen LogP contribution is -2.47. The molecule has 7 heteroatoms. The third kappa shape index (κ3) is 3.24. The number of nitrogens with zero attached hydrogens (tertiary/aromatic N) is 1. The van der Waals surface area contributed by atoms with Crippen LogP contribution in [0.15, 0.2) is 0 Å². The van der Waals surface area contributed by atoms with E-state index in [1.54, 1.807) is 0 Å². The van der Waals surface area contributed by atoms with Gasteiger partial charge in [0.2, 0.25) is 5.91 Å². The molecule has 1 rings (SSSR count). The van der Waals surface area contributed by atoms with Gasteiger partial charge in [-0.3, -0.25) is 4.79 Å².